The SMILES string of the molecule is CCSC1CC(=O)N(c2cccc(OS(=O)(=O)OC)c2)C1=O. The van der Waals surface area contributed by atoms with E-state index in [-0.39, 0.29) is 29.7 Å². The molecule has 0 saturated carbocycles. The number of carbonyl (C=O) groups excluding carboxylic acids is 2. The van der Waals surface area contributed by atoms with E-state index >= 15 is 0 Å². The Labute approximate surface area is 132 Å². The number of amides is 2. The van der Waals surface area contributed by atoms with E-state index in [1.165, 1.54) is 30.0 Å². The topological polar surface area (TPSA) is 90.0 Å². The molecule has 1 unspecified atom stereocenters. The lowest BCUT2D eigenvalue weighted by molar-refractivity contribution is -0.121. The van der Waals surface area contributed by atoms with Crippen LogP contribution in [0, 0.1) is 0 Å². The highest BCUT2D eigenvalue weighted by atomic mass is 32.3. The molecule has 0 bridgehead atoms. The van der Waals surface area contributed by atoms with Crippen molar-refractivity contribution in [2.75, 3.05) is 17.8 Å². The molecule has 120 valence electrons. The van der Waals surface area contributed by atoms with Gasteiger partial charge in [-0.25, -0.2) is 9.08 Å². The Morgan fingerprint density at radius 2 is 2.09 bits per heavy atom. The van der Waals surface area contributed by atoms with Crippen molar-refractivity contribution in [1.29, 1.82) is 0 Å². The second kappa shape index (κ2) is 6.67. The lowest BCUT2D eigenvalue weighted by Crippen LogP contribution is -2.31. The molecule has 0 spiro atoms. The highest BCUT2D eigenvalue weighted by Gasteiger charge is 2.39. The molecule has 1 aromatic carbocycles. The van der Waals surface area contributed by atoms with E-state index < -0.39 is 15.6 Å². The van der Waals surface area contributed by atoms with Crippen molar-refractivity contribution < 1.29 is 26.4 Å². The third kappa shape index (κ3) is 3.60. The molecule has 2 rings (SSSR count). The van der Waals surface area contributed by atoms with Crippen molar-refractivity contribution in [2.24, 2.45) is 0 Å². The van der Waals surface area contributed by atoms with Crippen molar-refractivity contribution in [3.8, 4) is 5.75 Å². The predicted molar refractivity (Wildman–Crippen MR) is 82.0 cm³/mol. The maximum Gasteiger partial charge on any atom is 0.448 e. The summed E-state index contributed by atoms with van der Waals surface area (Å²) in [5, 5.41) is -0.398. The first-order valence-electron chi connectivity index (χ1n) is 6.46. The summed E-state index contributed by atoms with van der Waals surface area (Å²) >= 11 is 1.41. The number of rotatable bonds is 6. The highest BCUT2D eigenvalue weighted by Crippen LogP contribution is 2.31. The maximum atomic E-state index is 12.3. The van der Waals surface area contributed by atoms with Gasteiger partial charge in [-0.1, -0.05) is 13.0 Å². The number of imide groups is 1. The molecular formula is C13H15NO6S2. The van der Waals surface area contributed by atoms with E-state index in [0.717, 1.165) is 17.8 Å². The summed E-state index contributed by atoms with van der Waals surface area (Å²) in [4.78, 5) is 25.3. The molecule has 7 nitrogen and oxygen atoms in total. The number of hydrogen-bond donors (Lipinski definition) is 0. The smallest absolute Gasteiger partial charge is 0.362 e. The Bertz CT molecular complexity index is 688. The van der Waals surface area contributed by atoms with Crippen LogP contribution in [-0.2, 0) is 24.2 Å². The Balaban J connectivity index is 2.26. The second-order valence-corrected chi connectivity index (χ2v) is 7.17. The van der Waals surface area contributed by atoms with Crippen molar-refractivity contribution >= 4 is 39.7 Å². The van der Waals surface area contributed by atoms with Gasteiger partial charge in [-0.15, -0.1) is 11.8 Å². The number of thioether (sulfide) groups is 1. The van der Waals surface area contributed by atoms with Gasteiger partial charge in [0.1, 0.15) is 5.75 Å². The fourth-order valence-corrected chi connectivity index (χ4v) is 3.35. The van der Waals surface area contributed by atoms with E-state index in [9.17, 15) is 18.0 Å². The van der Waals surface area contributed by atoms with Crippen LogP contribution in [0.15, 0.2) is 24.3 Å². The van der Waals surface area contributed by atoms with Crippen molar-refractivity contribution in [3.63, 3.8) is 0 Å². The molecule has 1 atom stereocenters. The zero-order valence-electron chi connectivity index (χ0n) is 12.0. The first kappa shape index (κ1) is 16.8. The summed E-state index contributed by atoms with van der Waals surface area (Å²) in [7, 11) is -3.18. The number of anilines is 1. The zero-order valence-corrected chi connectivity index (χ0v) is 13.6. The first-order valence-corrected chi connectivity index (χ1v) is 8.84. The summed E-state index contributed by atoms with van der Waals surface area (Å²) in [6, 6.07) is 5.74. The maximum absolute atomic E-state index is 12.3. The molecule has 1 saturated heterocycles. The molecule has 0 aliphatic carbocycles. The van der Waals surface area contributed by atoms with Gasteiger partial charge >= 0.3 is 10.4 Å². The van der Waals surface area contributed by atoms with E-state index in [1.54, 1.807) is 6.07 Å². The van der Waals surface area contributed by atoms with E-state index in [0.29, 0.717) is 0 Å². The van der Waals surface area contributed by atoms with Gasteiger partial charge in [0.25, 0.3) is 0 Å². The number of benzene rings is 1. The van der Waals surface area contributed by atoms with E-state index in [1.807, 2.05) is 6.92 Å². The van der Waals surface area contributed by atoms with Crippen molar-refractivity contribution in [2.45, 2.75) is 18.6 Å². The van der Waals surface area contributed by atoms with Gasteiger partial charge in [0.15, 0.2) is 0 Å². The van der Waals surface area contributed by atoms with Crippen LogP contribution in [0.5, 0.6) is 5.75 Å². The minimum atomic E-state index is -4.15. The van der Waals surface area contributed by atoms with Crippen LogP contribution in [0.3, 0.4) is 0 Å². The first-order chi connectivity index (χ1) is 10.4. The fourth-order valence-electron chi connectivity index (χ4n) is 2.03. The molecule has 1 aliphatic rings. The lowest BCUT2D eigenvalue weighted by atomic mass is 10.3. The number of hydrogen-bond acceptors (Lipinski definition) is 7. The quantitative estimate of drug-likeness (QED) is 0.719. The van der Waals surface area contributed by atoms with Crippen LogP contribution >= 0.6 is 11.8 Å². The molecule has 22 heavy (non-hydrogen) atoms. The molecule has 9 heteroatoms. The second-order valence-electron chi connectivity index (χ2n) is 4.37. The van der Waals surface area contributed by atoms with Crippen molar-refractivity contribution in [3.05, 3.63) is 24.3 Å². The van der Waals surface area contributed by atoms with Crippen LogP contribution in [0.25, 0.3) is 0 Å². The highest BCUT2D eigenvalue weighted by molar-refractivity contribution is 8.00. The molecule has 1 aromatic rings. The minimum Gasteiger partial charge on any atom is -0.362 e. The van der Waals surface area contributed by atoms with Gasteiger partial charge in [0, 0.05) is 12.5 Å². The Hall–Kier alpha value is -1.58. The standard InChI is InChI=1S/C13H15NO6S2/c1-3-21-11-8-12(15)14(13(11)16)9-5-4-6-10(7-9)20-22(17,18)19-2/h4-7,11H,3,8H2,1-2H3. The van der Waals surface area contributed by atoms with Gasteiger partial charge in [0.05, 0.1) is 18.0 Å². The molecular weight excluding hydrogens is 330 g/mol. The van der Waals surface area contributed by atoms with Gasteiger partial charge < -0.3 is 4.18 Å². The summed E-state index contributed by atoms with van der Waals surface area (Å²) in [6.07, 6.45) is 0.138. The Kier molecular flexibility index (Phi) is 5.09. The number of nitrogens with zero attached hydrogens (tertiary/aromatic N) is 1. The van der Waals surface area contributed by atoms with Gasteiger partial charge in [-0.05, 0) is 17.9 Å². The molecule has 0 radical (unpaired) electrons. The minimum absolute atomic E-state index is 0.0356. The molecule has 1 fully saturated rings. The predicted octanol–water partition coefficient (Wildman–Crippen LogP) is 1.34. The van der Waals surface area contributed by atoms with Crippen LogP contribution in [-0.4, -0.2) is 38.3 Å². The van der Waals surface area contributed by atoms with Gasteiger partial charge in [-0.3, -0.25) is 9.59 Å². The zero-order chi connectivity index (χ0) is 16.3. The average Bonchev–Trinajstić information content (AvgIpc) is 2.74. The Morgan fingerprint density at radius 1 is 1.36 bits per heavy atom. The normalized spacial score (nSPS) is 18.8. The largest absolute Gasteiger partial charge is 0.448 e. The summed E-state index contributed by atoms with van der Waals surface area (Å²) in [5.74, 6) is 0.0742. The van der Waals surface area contributed by atoms with Crippen LogP contribution in [0.4, 0.5) is 5.69 Å². The van der Waals surface area contributed by atoms with E-state index in [2.05, 4.69) is 4.18 Å². The van der Waals surface area contributed by atoms with Gasteiger partial charge in [-0.2, -0.15) is 8.42 Å². The fraction of sp³-hybridized carbons (Fsp3) is 0.385. The molecule has 0 aromatic heterocycles. The van der Waals surface area contributed by atoms with E-state index in [4.69, 9.17) is 4.18 Å². The Morgan fingerprint density at radius 3 is 2.73 bits per heavy atom. The summed E-state index contributed by atoms with van der Waals surface area (Å²) in [6.45, 7) is 1.91. The van der Waals surface area contributed by atoms with Crippen molar-refractivity contribution in [1.82, 2.24) is 0 Å². The molecule has 1 aliphatic heterocycles. The number of carbonyl (C=O) groups is 2. The molecule has 2 amide bonds. The van der Waals surface area contributed by atoms with Crippen LogP contribution < -0.4 is 9.08 Å². The summed E-state index contributed by atoms with van der Waals surface area (Å²) in [5.41, 5.74) is 0.276. The van der Waals surface area contributed by atoms with Crippen LogP contribution in [0.2, 0.25) is 0 Å². The molecule has 0 N–H and O–H groups in total. The lowest BCUT2D eigenvalue weighted by Gasteiger charge is -2.15. The third-order valence-electron chi connectivity index (χ3n) is 2.95. The molecule has 1 heterocycles. The third-order valence-corrected chi connectivity index (χ3v) is 4.86. The average molecular weight is 345 g/mol. The van der Waals surface area contributed by atoms with Crippen LogP contribution in [0.1, 0.15) is 13.3 Å². The summed E-state index contributed by atoms with van der Waals surface area (Å²) < 4.78 is 31.4. The van der Waals surface area contributed by atoms with Gasteiger partial charge in [0.2, 0.25) is 11.8 Å². The monoisotopic (exact) mass is 345 g/mol.